The highest BCUT2D eigenvalue weighted by Gasteiger charge is 2.26. The number of rotatable bonds is 2. The van der Waals surface area contributed by atoms with Crippen molar-refractivity contribution >= 4 is 5.91 Å². The molecule has 1 aromatic rings. The van der Waals surface area contributed by atoms with E-state index >= 15 is 0 Å². The number of aromatic nitrogens is 1. The van der Waals surface area contributed by atoms with Gasteiger partial charge in [0.1, 0.15) is 11.5 Å². The minimum atomic E-state index is -0.431. The molecule has 2 heterocycles. The molecule has 1 amide bonds. The molecule has 15 heavy (non-hydrogen) atoms. The Hall–Kier alpha value is -1.49. The van der Waals surface area contributed by atoms with Gasteiger partial charge in [-0.05, 0) is 12.1 Å². The first-order valence-corrected chi connectivity index (χ1v) is 4.78. The van der Waals surface area contributed by atoms with Crippen LogP contribution in [0.1, 0.15) is 10.5 Å². The molecular weight excluding hydrogens is 197 g/mol. The second-order valence-corrected chi connectivity index (χ2v) is 3.59. The Morgan fingerprint density at radius 3 is 2.80 bits per heavy atom. The maximum atomic E-state index is 12.6. The first kappa shape index (κ1) is 10.0. The first-order chi connectivity index (χ1) is 7.18. The molecule has 1 aromatic heterocycles. The van der Waals surface area contributed by atoms with Crippen LogP contribution in [-0.2, 0) is 0 Å². The molecule has 4 nitrogen and oxygen atoms in total. The van der Waals surface area contributed by atoms with E-state index in [1.165, 1.54) is 12.1 Å². The van der Waals surface area contributed by atoms with E-state index < -0.39 is 5.82 Å². The van der Waals surface area contributed by atoms with E-state index in [0.29, 0.717) is 0 Å². The van der Waals surface area contributed by atoms with E-state index in [2.05, 4.69) is 10.3 Å². The van der Waals surface area contributed by atoms with Gasteiger partial charge in [-0.3, -0.25) is 4.79 Å². The third-order valence-corrected chi connectivity index (χ3v) is 2.57. The van der Waals surface area contributed by atoms with Gasteiger partial charge in [-0.25, -0.2) is 9.37 Å². The van der Waals surface area contributed by atoms with Crippen LogP contribution in [-0.4, -0.2) is 42.0 Å². The van der Waals surface area contributed by atoms with E-state index in [9.17, 15) is 9.18 Å². The number of likely N-dealkylation sites (N-methyl/N-ethyl adjacent to an activating group) is 1. The number of nitrogens with one attached hydrogen (secondary N) is 1. The summed E-state index contributed by atoms with van der Waals surface area (Å²) >= 11 is 0. The Labute approximate surface area is 87.1 Å². The van der Waals surface area contributed by atoms with Gasteiger partial charge < -0.3 is 10.2 Å². The second kappa shape index (κ2) is 3.94. The summed E-state index contributed by atoms with van der Waals surface area (Å²) in [5.74, 6) is -0.596. The zero-order chi connectivity index (χ0) is 10.8. The Morgan fingerprint density at radius 2 is 2.33 bits per heavy atom. The molecule has 0 aromatic carbocycles. The minimum absolute atomic E-state index is 0.165. The Balaban J connectivity index is 2.09. The lowest BCUT2D eigenvalue weighted by Gasteiger charge is -2.35. The van der Waals surface area contributed by atoms with Gasteiger partial charge >= 0.3 is 0 Å². The fourth-order valence-corrected chi connectivity index (χ4v) is 1.40. The average molecular weight is 209 g/mol. The predicted octanol–water partition coefficient (Wildman–Crippen LogP) is 0.265. The van der Waals surface area contributed by atoms with Crippen LogP contribution in [0.2, 0.25) is 0 Å². The highest BCUT2D eigenvalue weighted by molar-refractivity contribution is 5.92. The molecule has 1 aliphatic heterocycles. The molecule has 0 bridgehead atoms. The predicted molar refractivity (Wildman–Crippen MR) is 52.9 cm³/mol. The minimum Gasteiger partial charge on any atom is -0.335 e. The van der Waals surface area contributed by atoms with Crippen LogP contribution in [0.5, 0.6) is 0 Å². The van der Waals surface area contributed by atoms with Crippen molar-refractivity contribution < 1.29 is 9.18 Å². The van der Waals surface area contributed by atoms with Gasteiger partial charge in [0.2, 0.25) is 0 Å². The van der Waals surface area contributed by atoms with Crippen molar-refractivity contribution in [1.29, 1.82) is 0 Å². The topological polar surface area (TPSA) is 45.2 Å². The molecule has 0 aliphatic carbocycles. The molecule has 1 fully saturated rings. The fraction of sp³-hybridized carbons (Fsp3) is 0.400. The summed E-state index contributed by atoms with van der Waals surface area (Å²) in [6, 6.07) is 2.87. The van der Waals surface area contributed by atoms with Crippen molar-refractivity contribution in [2.45, 2.75) is 6.04 Å². The molecule has 1 saturated heterocycles. The maximum Gasteiger partial charge on any atom is 0.272 e. The number of carbonyl (C=O) groups is 1. The summed E-state index contributed by atoms with van der Waals surface area (Å²) < 4.78 is 12.6. The standard InChI is InChI=1S/C10H12FN3O/c1-14(8-5-12-6-8)10(15)9-3-2-7(11)4-13-9/h2-4,8,12H,5-6H2,1H3. The zero-order valence-corrected chi connectivity index (χ0v) is 8.40. The van der Waals surface area contributed by atoms with Gasteiger partial charge in [-0.15, -0.1) is 0 Å². The van der Waals surface area contributed by atoms with E-state index in [-0.39, 0.29) is 17.6 Å². The third kappa shape index (κ3) is 1.97. The first-order valence-electron chi connectivity index (χ1n) is 4.78. The molecule has 5 heteroatoms. The lowest BCUT2D eigenvalue weighted by molar-refractivity contribution is 0.0675. The Kier molecular flexibility index (Phi) is 2.64. The van der Waals surface area contributed by atoms with Crippen molar-refractivity contribution in [2.75, 3.05) is 20.1 Å². The fourth-order valence-electron chi connectivity index (χ4n) is 1.40. The molecule has 0 unspecified atom stereocenters. The van der Waals surface area contributed by atoms with E-state index in [4.69, 9.17) is 0 Å². The summed E-state index contributed by atoms with van der Waals surface area (Å²) in [5.41, 5.74) is 0.283. The summed E-state index contributed by atoms with van der Waals surface area (Å²) in [7, 11) is 1.73. The number of carbonyl (C=O) groups excluding carboxylic acids is 1. The monoisotopic (exact) mass is 209 g/mol. The lowest BCUT2D eigenvalue weighted by Crippen LogP contribution is -2.57. The summed E-state index contributed by atoms with van der Waals surface area (Å²) in [5, 5.41) is 3.08. The van der Waals surface area contributed by atoms with Crippen LogP contribution in [0, 0.1) is 5.82 Å². The Morgan fingerprint density at radius 1 is 1.60 bits per heavy atom. The van der Waals surface area contributed by atoms with Gasteiger partial charge in [0.15, 0.2) is 0 Å². The normalized spacial score (nSPS) is 15.9. The van der Waals surface area contributed by atoms with Crippen molar-refractivity contribution in [3.05, 3.63) is 29.8 Å². The van der Waals surface area contributed by atoms with Crippen molar-refractivity contribution in [1.82, 2.24) is 15.2 Å². The highest BCUT2D eigenvalue weighted by atomic mass is 19.1. The molecule has 1 aliphatic rings. The number of nitrogens with zero attached hydrogens (tertiary/aromatic N) is 2. The van der Waals surface area contributed by atoms with Crippen LogP contribution in [0.3, 0.4) is 0 Å². The molecule has 0 spiro atoms. The van der Waals surface area contributed by atoms with Crippen LogP contribution in [0.15, 0.2) is 18.3 Å². The van der Waals surface area contributed by atoms with Crippen LogP contribution < -0.4 is 5.32 Å². The molecule has 0 atom stereocenters. The van der Waals surface area contributed by atoms with E-state index in [0.717, 1.165) is 19.3 Å². The quantitative estimate of drug-likeness (QED) is 0.760. The molecule has 0 saturated carbocycles. The molecule has 0 radical (unpaired) electrons. The molecular formula is C10H12FN3O. The summed E-state index contributed by atoms with van der Waals surface area (Å²) in [6.45, 7) is 1.62. The SMILES string of the molecule is CN(C(=O)c1ccc(F)cn1)C1CNC1. The highest BCUT2D eigenvalue weighted by Crippen LogP contribution is 2.07. The van der Waals surface area contributed by atoms with Gasteiger partial charge in [0.25, 0.3) is 5.91 Å². The van der Waals surface area contributed by atoms with Gasteiger partial charge in [0, 0.05) is 20.1 Å². The van der Waals surface area contributed by atoms with Crippen molar-refractivity contribution in [3.8, 4) is 0 Å². The van der Waals surface area contributed by atoms with E-state index in [1.807, 2.05) is 0 Å². The number of hydrogen-bond donors (Lipinski definition) is 1. The van der Waals surface area contributed by atoms with Gasteiger partial charge in [-0.1, -0.05) is 0 Å². The molecule has 2 rings (SSSR count). The number of halogens is 1. The van der Waals surface area contributed by atoms with Gasteiger partial charge in [0.05, 0.1) is 12.2 Å². The van der Waals surface area contributed by atoms with Crippen LogP contribution >= 0.6 is 0 Å². The van der Waals surface area contributed by atoms with Crippen LogP contribution in [0.4, 0.5) is 4.39 Å². The Bertz CT molecular complexity index is 361. The number of pyridine rings is 1. The maximum absolute atomic E-state index is 12.6. The van der Waals surface area contributed by atoms with Crippen molar-refractivity contribution in [3.63, 3.8) is 0 Å². The smallest absolute Gasteiger partial charge is 0.272 e. The van der Waals surface area contributed by atoms with E-state index in [1.54, 1.807) is 11.9 Å². The average Bonchev–Trinajstić information content (AvgIpc) is 2.15. The lowest BCUT2D eigenvalue weighted by atomic mass is 10.1. The number of amides is 1. The number of hydrogen-bond acceptors (Lipinski definition) is 3. The van der Waals surface area contributed by atoms with Gasteiger partial charge in [-0.2, -0.15) is 0 Å². The zero-order valence-electron chi connectivity index (χ0n) is 8.40. The second-order valence-electron chi connectivity index (χ2n) is 3.59. The largest absolute Gasteiger partial charge is 0.335 e. The van der Waals surface area contributed by atoms with Crippen LogP contribution in [0.25, 0.3) is 0 Å². The van der Waals surface area contributed by atoms with Crippen molar-refractivity contribution in [2.24, 2.45) is 0 Å². The molecule has 1 N–H and O–H groups in total. The molecule has 80 valence electrons. The third-order valence-electron chi connectivity index (χ3n) is 2.57. The summed E-state index contributed by atoms with van der Waals surface area (Å²) in [6.07, 6.45) is 1.06. The summed E-state index contributed by atoms with van der Waals surface area (Å²) in [4.78, 5) is 17.2.